The van der Waals surface area contributed by atoms with Gasteiger partial charge in [-0.05, 0) is 24.5 Å². The fourth-order valence-electron chi connectivity index (χ4n) is 1.91. The molecule has 1 atom stereocenters. The van der Waals surface area contributed by atoms with Gasteiger partial charge in [0.15, 0.2) is 0 Å². The summed E-state index contributed by atoms with van der Waals surface area (Å²) in [6, 6.07) is 8.15. The Kier molecular flexibility index (Phi) is 5.45. The largest absolute Gasteiger partial charge is 0.352 e. The van der Waals surface area contributed by atoms with E-state index in [1.54, 1.807) is 11.0 Å². The van der Waals surface area contributed by atoms with E-state index in [9.17, 15) is 4.79 Å². The van der Waals surface area contributed by atoms with Crippen LogP contribution in [-0.4, -0.2) is 26.7 Å². The van der Waals surface area contributed by atoms with Gasteiger partial charge in [-0.25, -0.2) is 9.67 Å². The molecular weight excluding hydrogens is 266 g/mol. The highest BCUT2D eigenvalue weighted by Gasteiger charge is 2.03. The predicted octanol–water partition coefficient (Wildman–Crippen LogP) is 1.07. The van der Waals surface area contributed by atoms with Crippen LogP contribution in [0.1, 0.15) is 30.9 Å². The number of rotatable bonds is 7. The third-order valence-electron chi connectivity index (χ3n) is 3.15. The van der Waals surface area contributed by atoms with Gasteiger partial charge in [-0.15, -0.1) is 0 Å². The van der Waals surface area contributed by atoms with E-state index in [0.29, 0.717) is 25.9 Å². The van der Waals surface area contributed by atoms with Crippen LogP contribution in [0.2, 0.25) is 0 Å². The summed E-state index contributed by atoms with van der Waals surface area (Å²) in [4.78, 5) is 15.5. The lowest BCUT2D eigenvalue weighted by molar-refractivity contribution is -0.121. The van der Waals surface area contributed by atoms with E-state index in [1.165, 1.54) is 6.33 Å². The van der Waals surface area contributed by atoms with Gasteiger partial charge in [-0.3, -0.25) is 4.79 Å². The third-order valence-corrected chi connectivity index (χ3v) is 3.15. The Morgan fingerprint density at radius 1 is 1.33 bits per heavy atom. The Bertz CT molecular complexity index is 548. The number of benzene rings is 1. The molecule has 2 rings (SSSR count). The van der Waals surface area contributed by atoms with Crippen LogP contribution in [0.25, 0.3) is 0 Å². The minimum absolute atomic E-state index is 0.0407. The Morgan fingerprint density at radius 3 is 2.67 bits per heavy atom. The molecule has 3 N–H and O–H groups in total. The molecule has 0 aliphatic rings. The number of nitrogens with two attached hydrogens (primary N) is 1. The molecule has 0 aliphatic carbocycles. The van der Waals surface area contributed by atoms with E-state index < -0.39 is 0 Å². The Labute approximate surface area is 124 Å². The van der Waals surface area contributed by atoms with Gasteiger partial charge in [0.2, 0.25) is 5.91 Å². The number of hydrogen-bond donors (Lipinski definition) is 2. The number of hydrogen-bond acceptors (Lipinski definition) is 4. The lowest BCUT2D eigenvalue weighted by Gasteiger charge is -2.08. The Morgan fingerprint density at radius 2 is 2.05 bits per heavy atom. The van der Waals surface area contributed by atoms with Crippen molar-refractivity contribution in [1.82, 2.24) is 20.1 Å². The predicted molar refractivity (Wildman–Crippen MR) is 80.3 cm³/mol. The molecular formula is C15H21N5O. The zero-order valence-corrected chi connectivity index (χ0v) is 12.2. The van der Waals surface area contributed by atoms with Crippen molar-refractivity contribution in [3.05, 3.63) is 48.0 Å². The van der Waals surface area contributed by atoms with Crippen molar-refractivity contribution in [2.75, 3.05) is 0 Å². The molecule has 0 spiro atoms. The van der Waals surface area contributed by atoms with Crippen LogP contribution < -0.4 is 11.1 Å². The molecule has 21 heavy (non-hydrogen) atoms. The average Bonchev–Trinajstić information content (AvgIpc) is 2.97. The summed E-state index contributed by atoms with van der Waals surface area (Å²) < 4.78 is 1.77. The highest BCUT2D eigenvalue weighted by atomic mass is 16.1. The van der Waals surface area contributed by atoms with E-state index in [4.69, 9.17) is 5.73 Å². The first-order chi connectivity index (χ1) is 10.1. The maximum atomic E-state index is 11.6. The molecule has 0 saturated heterocycles. The van der Waals surface area contributed by atoms with Gasteiger partial charge < -0.3 is 11.1 Å². The fraction of sp³-hybridized carbons (Fsp3) is 0.400. The molecule has 0 radical (unpaired) electrons. The summed E-state index contributed by atoms with van der Waals surface area (Å²) in [6.45, 7) is 3.14. The van der Waals surface area contributed by atoms with Crippen LogP contribution in [0.3, 0.4) is 0 Å². The third kappa shape index (κ3) is 5.35. The van der Waals surface area contributed by atoms with Gasteiger partial charge in [0.1, 0.15) is 12.7 Å². The van der Waals surface area contributed by atoms with Crippen molar-refractivity contribution in [3.8, 4) is 0 Å². The summed E-state index contributed by atoms with van der Waals surface area (Å²) in [5.41, 5.74) is 7.85. The summed E-state index contributed by atoms with van der Waals surface area (Å²) >= 11 is 0. The lowest BCUT2D eigenvalue weighted by atomic mass is 10.1. The molecule has 1 aromatic carbocycles. The van der Waals surface area contributed by atoms with Crippen LogP contribution in [0.5, 0.6) is 0 Å². The molecule has 1 amide bonds. The van der Waals surface area contributed by atoms with Gasteiger partial charge in [-0.2, -0.15) is 5.10 Å². The molecule has 2 aromatic rings. The van der Waals surface area contributed by atoms with Crippen molar-refractivity contribution in [2.45, 2.75) is 38.9 Å². The summed E-state index contributed by atoms with van der Waals surface area (Å²) in [6.07, 6.45) is 4.39. The van der Waals surface area contributed by atoms with Crippen molar-refractivity contribution in [3.63, 3.8) is 0 Å². The van der Waals surface area contributed by atoms with E-state index in [0.717, 1.165) is 11.1 Å². The van der Waals surface area contributed by atoms with Crippen LogP contribution >= 0.6 is 0 Å². The maximum absolute atomic E-state index is 11.6. The lowest BCUT2D eigenvalue weighted by Crippen LogP contribution is -2.25. The maximum Gasteiger partial charge on any atom is 0.220 e. The van der Waals surface area contributed by atoms with Crippen molar-refractivity contribution < 1.29 is 4.79 Å². The summed E-state index contributed by atoms with van der Waals surface area (Å²) in [7, 11) is 0. The highest BCUT2D eigenvalue weighted by molar-refractivity contribution is 5.75. The first-order valence-corrected chi connectivity index (χ1v) is 7.06. The van der Waals surface area contributed by atoms with Crippen LogP contribution in [0.15, 0.2) is 36.9 Å². The van der Waals surface area contributed by atoms with Crippen molar-refractivity contribution >= 4 is 5.91 Å². The number of carbonyl (C=O) groups is 1. The summed E-state index contributed by atoms with van der Waals surface area (Å²) in [5, 5.41) is 6.96. The van der Waals surface area contributed by atoms with E-state index in [-0.39, 0.29) is 11.9 Å². The number of nitrogens with one attached hydrogen (secondary N) is 1. The first-order valence-electron chi connectivity index (χ1n) is 7.06. The normalized spacial score (nSPS) is 12.1. The van der Waals surface area contributed by atoms with Crippen molar-refractivity contribution in [1.29, 1.82) is 0 Å². The molecule has 112 valence electrons. The SMILES string of the molecule is CC(N)CCC(=O)NCc1ccc(Cn2cncn2)cc1. The minimum Gasteiger partial charge on any atom is -0.352 e. The first kappa shape index (κ1) is 15.2. The highest BCUT2D eigenvalue weighted by Crippen LogP contribution is 2.06. The van der Waals surface area contributed by atoms with Crippen LogP contribution in [0.4, 0.5) is 0 Å². The number of amides is 1. The fourth-order valence-corrected chi connectivity index (χ4v) is 1.91. The molecule has 1 heterocycles. The molecule has 6 nitrogen and oxygen atoms in total. The van der Waals surface area contributed by atoms with Crippen molar-refractivity contribution in [2.24, 2.45) is 5.73 Å². The van der Waals surface area contributed by atoms with E-state index in [2.05, 4.69) is 15.4 Å². The monoisotopic (exact) mass is 287 g/mol. The molecule has 1 aromatic heterocycles. The minimum atomic E-state index is 0.0407. The standard InChI is InChI=1S/C15H21N5O/c1-12(16)2-7-15(21)18-8-13-3-5-14(6-4-13)9-20-11-17-10-19-20/h3-6,10-12H,2,7-9,16H2,1H3,(H,18,21). The zero-order chi connectivity index (χ0) is 15.1. The zero-order valence-electron chi connectivity index (χ0n) is 12.2. The number of nitrogens with zero attached hydrogens (tertiary/aromatic N) is 3. The molecule has 0 aliphatic heterocycles. The number of carbonyl (C=O) groups excluding carboxylic acids is 1. The Balaban J connectivity index is 1.78. The topological polar surface area (TPSA) is 85.8 Å². The van der Waals surface area contributed by atoms with Gasteiger partial charge >= 0.3 is 0 Å². The Hall–Kier alpha value is -2.21. The molecule has 0 fully saturated rings. The van der Waals surface area contributed by atoms with Gasteiger partial charge in [0.05, 0.1) is 6.54 Å². The summed E-state index contributed by atoms with van der Waals surface area (Å²) in [5.74, 6) is 0.0407. The van der Waals surface area contributed by atoms with Gasteiger partial charge in [-0.1, -0.05) is 24.3 Å². The second kappa shape index (κ2) is 7.54. The average molecular weight is 287 g/mol. The quantitative estimate of drug-likeness (QED) is 0.797. The molecule has 6 heteroatoms. The second-order valence-electron chi connectivity index (χ2n) is 5.20. The smallest absolute Gasteiger partial charge is 0.220 e. The van der Waals surface area contributed by atoms with E-state index >= 15 is 0 Å². The van der Waals surface area contributed by atoms with E-state index in [1.807, 2.05) is 31.2 Å². The second-order valence-corrected chi connectivity index (χ2v) is 5.20. The van der Waals surface area contributed by atoms with Gasteiger partial charge in [0, 0.05) is 19.0 Å². The molecule has 1 unspecified atom stereocenters. The van der Waals surface area contributed by atoms with Crippen LogP contribution in [0, 0.1) is 0 Å². The van der Waals surface area contributed by atoms with Crippen LogP contribution in [-0.2, 0) is 17.9 Å². The number of aromatic nitrogens is 3. The van der Waals surface area contributed by atoms with Gasteiger partial charge in [0.25, 0.3) is 0 Å². The molecule has 0 saturated carbocycles. The molecule has 0 bridgehead atoms.